The molecule has 0 bridgehead atoms. The fourth-order valence-corrected chi connectivity index (χ4v) is 4.59. The number of thiazole rings is 1. The van der Waals surface area contributed by atoms with E-state index in [0.717, 1.165) is 48.8 Å². The van der Waals surface area contributed by atoms with Crippen molar-refractivity contribution in [3.63, 3.8) is 0 Å². The molecule has 8 heteroatoms. The predicted octanol–water partition coefficient (Wildman–Crippen LogP) is 3.47. The maximum Gasteiger partial charge on any atom is 0.259 e. The zero-order valence-electron chi connectivity index (χ0n) is 14.8. The number of hydrogen-bond acceptors (Lipinski definition) is 3. The van der Waals surface area contributed by atoms with Crippen molar-refractivity contribution in [1.29, 1.82) is 0 Å². The van der Waals surface area contributed by atoms with E-state index in [1.807, 2.05) is 18.2 Å². The molecule has 1 aromatic heterocycles. The smallest absolute Gasteiger partial charge is 0.259 e. The van der Waals surface area contributed by atoms with Gasteiger partial charge in [-0.15, -0.1) is 0 Å². The Bertz CT molecular complexity index is 1030. The molecule has 0 spiro atoms. The van der Waals surface area contributed by atoms with Crippen LogP contribution in [0.1, 0.15) is 26.5 Å². The van der Waals surface area contributed by atoms with Crippen LogP contribution in [0.4, 0.5) is 13.9 Å². The number of carbonyl (C=O) groups is 1. The molecule has 0 fully saturated rings. The second-order valence-corrected chi connectivity index (χ2v) is 8.17. The molecule has 2 N–H and O–H groups in total. The third-order valence-electron chi connectivity index (χ3n) is 4.68. The molecular formula is C20H17ClF2N3OS+. The fraction of sp³-hybridized carbons (Fsp3) is 0.200. The summed E-state index contributed by atoms with van der Waals surface area (Å²) < 4.78 is 26.6. The van der Waals surface area contributed by atoms with E-state index >= 15 is 0 Å². The van der Waals surface area contributed by atoms with E-state index in [1.165, 1.54) is 21.8 Å². The molecule has 0 aliphatic carbocycles. The van der Waals surface area contributed by atoms with E-state index < -0.39 is 17.5 Å². The van der Waals surface area contributed by atoms with Crippen LogP contribution in [-0.2, 0) is 19.5 Å². The van der Waals surface area contributed by atoms with Gasteiger partial charge in [0.2, 0.25) is 0 Å². The van der Waals surface area contributed by atoms with E-state index in [1.54, 1.807) is 0 Å². The Balaban J connectivity index is 1.46. The molecule has 1 aliphatic heterocycles. The first-order valence-corrected chi connectivity index (χ1v) is 10.0. The van der Waals surface area contributed by atoms with Gasteiger partial charge in [0.15, 0.2) is 16.8 Å². The average Bonchev–Trinajstić information content (AvgIpc) is 3.07. The summed E-state index contributed by atoms with van der Waals surface area (Å²) >= 11 is 7.28. The largest absolute Gasteiger partial charge is 0.326 e. The van der Waals surface area contributed by atoms with Crippen molar-refractivity contribution in [3.8, 4) is 0 Å². The number of amides is 1. The first kappa shape index (κ1) is 19.0. The molecule has 4 rings (SSSR count). The summed E-state index contributed by atoms with van der Waals surface area (Å²) in [5.74, 6) is -2.82. The third kappa shape index (κ3) is 4.06. The molecule has 4 nitrogen and oxygen atoms in total. The molecule has 1 aliphatic rings. The van der Waals surface area contributed by atoms with Crippen molar-refractivity contribution < 1.29 is 18.5 Å². The van der Waals surface area contributed by atoms with Crippen molar-refractivity contribution >= 4 is 34.0 Å². The minimum absolute atomic E-state index is 0.120. The van der Waals surface area contributed by atoms with Gasteiger partial charge in [-0.05, 0) is 12.1 Å². The van der Waals surface area contributed by atoms with Gasteiger partial charge in [0, 0.05) is 12.0 Å². The van der Waals surface area contributed by atoms with Crippen molar-refractivity contribution in [2.45, 2.75) is 19.5 Å². The zero-order chi connectivity index (χ0) is 19.7. The lowest BCUT2D eigenvalue weighted by Gasteiger charge is -2.22. The van der Waals surface area contributed by atoms with Crippen LogP contribution in [0.2, 0.25) is 5.02 Å². The van der Waals surface area contributed by atoms with Crippen molar-refractivity contribution in [3.05, 3.63) is 80.8 Å². The Hall–Kier alpha value is -2.35. The highest BCUT2D eigenvalue weighted by molar-refractivity contribution is 7.15. The van der Waals surface area contributed by atoms with E-state index in [4.69, 9.17) is 11.6 Å². The van der Waals surface area contributed by atoms with Crippen molar-refractivity contribution in [2.24, 2.45) is 0 Å². The number of nitrogens with zero attached hydrogens (tertiary/aromatic N) is 1. The first-order chi connectivity index (χ1) is 13.5. The normalized spacial score (nSPS) is 15.9. The van der Waals surface area contributed by atoms with Crippen LogP contribution in [0.25, 0.3) is 0 Å². The number of nitrogens with one attached hydrogen (secondary N) is 2. The van der Waals surface area contributed by atoms with Gasteiger partial charge in [0.25, 0.3) is 5.91 Å². The molecule has 2 aromatic carbocycles. The van der Waals surface area contributed by atoms with Gasteiger partial charge in [0.1, 0.15) is 13.1 Å². The summed E-state index contributed by atoms with van der Waals surface area (Å²) in [6.45, 7) is 2.74. The van der Waals surface area contributed by atoms with Gasteiger partial charge in [-0.3, -0.25) is 10.1 Å². The molecule has 1 amide bonds. The molecule has 28 heavy (non-hydrogen) atoms. The van der Waals surface area contributed by atoms with E-state index in [2.05, 4.69) is 22.4 Å². The minimum atomic E-state index is -1.12. The third-order valence-corrected chi connectivity index (χ3v) is 6.00. The van der Waals surface area contributed by atoms with Gasteiger partial charge < -0.3 is 4.90 Å². The predicted molar refractivity (Wildman–Crippen MR) is 105 cm³/mol. The Morgan fingerprint density at radius 2 is 1.96 bits per heavy atom. The standard InChI is InChI=1S/C20H16ClF2N3OS/c21-14-9-16(23)15(22)8-13(14)19(27)25-20-24-17-6-7-26(11-18(17)28-20)10-12-4-2-1-3-5-12/h1-5,8-9H,6-7,10-11H2,(H,24,25,27)/p+1. The summed E-state index contributed by atoms with van der Waals surface area (Å²) in [6, 6.07) is 11.9. The fourth-order valence-electron chi connectivity index (χ4n) is 3.28. The molecule has 144 valence electrons. The molecule has 1 unspecified atom stereocenters. The van der Waals surface area contributed by atoms with Crippen LogP contribution in [0, 0.1) is 11.6 Å². The number of aromatic nitrogens is 1. The summed E-state index contributed by atoms with van der Waals surface area (Å²) in [6.07, 6.45) is 0.829. The highest BCUT2D eigenvalue weighted by atomic mass is 35.5. The van der Waals surface area contributed by atoms with Gasteiger partial charge in [-0.2, -0.15) is 0 Å². The second-order valence-electron chi connectivity index (χ2n) is 6.68. The summed E-state index contributed by atoms with van der Waals surface area (Å²) in [4.78, 5) is 19.4. The highest BCUT2D eigenvalue weighted by Gasteiger charge is 2.25. The Morgan fingerprint density at radius 3 is 2.75 bits per heavy atom. The number of hydrogen-bond donors (Lipinski definition) is 2. The minimum Gasteiger partial charge on any atom is -0.326 e. The topological polar surface area (TPSA) is 46.4 Å². The Kier molecular flexibility index (Phi) is 5.39. The van der Waals surface area contributed by atoms with Gasteiger partial charge in [-0.25, -0.2) is 13.8 Å². The SMILES string of the molecule is O=C(Nc1nc2c(s1)C[NH+](Cc1ccccc1)CC2)c1cc(F)c(F)cc1Cl. The molecule has 0 radical (unpaired) electrons. The average molecular weight is 421 g/mol. The molecule has 2 heterocycles. The lowest BCUT2D eigenvalue weighted by atomic mass is 10.1. The summed E-state index contributed by atoms with van der Waals surface area (Å²) in [7, 11) is 0. The lowest BCUT2D eigenvalue weighted by Crippen LogP contribution is -3.10. The quantitative estimate of drug-likeness (QED) is 0.635. The lowest BCUT2D eigenvalue weighted by molar-refractivity contribution is -0.929. The highest BCUT2D eigenvalue weighted by Crippen LogP contribution is 2.26. The molecular weight excluding hydrogens is 404 g/mol. The van der Waals surface area contributed by atoms with Gasteiger partial charge in [0.05, 0.1) is 27.7 Å². The van der Waals surface area contributed by atoms with Crippen molar-refractivity contribution in [1.82, 2.24) is 4.98 Å². The van der Waals surface area contributed by atoms with Gasteiger partial charge >= 0.3 is 0 Å². The van der Waals surface area contributed by atoms with E-state index in [9.17, 15) is 13.6 Å². The zero-order valence-corrected chi connectivity index (χ0v) is 16.3. The van der Waals surface area contributed by atoms with Crippen LogP contribution < -0.4 is 10.2 Å². The first-order valence-electron chi connectivity index (χ1n) is 8.81. The monoisotopic (exact) mass is 420 g/mol. The maximum atomic E-state index is 13.4. The van der Waals surface area contributed by atoms with Crippen LogP contribution in [-0.4, -0.2) is 17.4 Å². The van der Waals surface area contributed by atoms with E-state index in [-0.39, 0.29) is 10.6 Å². The number of anilines is 1. The van der Waals surface area contributed by atoms with E-state index in [0.29, 0.717) is 5.13 Å². The summed E-state index contributed by atoms with van der Waals surface area (Å²) in [5.41, 5.74) is 2.14. The molecule has 0 saturated heterocycles. The van der Waals surface area contributed by atoms with Crippen LogP contribution in [0.3, 0.4) is 0 Å². The number of carbonyl (C=O) groups excluding carboxylic acids is 1. The maximum absolute atomic E-state index is 13.4. The number of rotatable bonds is 4. The Labute approximate surface area is 169 Å². The second kappa shape index (κ2) is 7.95. The van der Waals surface area contributed by atoms with Crippen LogP contribution in [0.5, 0.6) is 0 Å². The number of halogens is 3. The van der Waals surface area contributed by atoms with Crippen LogP contribution in [0.15, 0.2) is 42.5 Å². The number of fused-ring (bicyclic) bond motifs is 1. The Morgan fingerprint density at radius 1 is 1.21 bits per heavy atom. The molecule has 0 saturated carbocycles. The molecule has 1 atom stereocenters. The number of quaternary nitrogens is 1. The van der Waals surface area contributed by atoms with Crippen LogP contribution >= 0.6 is 22.9 Å². The summed E-state index contributed by atoms with van der Waals surface area (Å²) in [5, 5.41) is 2.95. The number of benzene rings is 2. The molecule has 3 aromatic rings. The van der Waals surface area contributed by atoms with Gasteiger partial charge in [-0.1, -0.05) is 53.3 Å². The van der Waals surface area contributed by atoms with Crippen molar-refractivity contribution in [2.75, 3.05) is 11.9 Å².